The van der Waals surface area contributed by atoms with Gasteiger partial charge in [-0.2, -0.15) is 15.5 Å². The molecule has 14 heteroatoms. The van der Waals surface area contributed by atoms with Crippen LogP contribution in [0.3, 0.4) is 0 Å². The number of halogens is 3. The molecular weight excluding hydrogens is 700 g/mol. The molecule has 50 heavy (non-hydrogen) atoms. The Labute approximate surface area is 304 Å². The number of carbonyl (C=O) groups is 1. The first-order valence-electron chi connectivity index (χ1n) is 16.7. The number of nitriles is 1. The summed E-state index contributed by atoms with van der Waals surface area (Å²) in [6.45, 7) is 10.6. The van der Waals surface area contributed by atoms with Crippen LogP contribution < -0.4 is 0 Å². The van der Waals surface area contributed by atoms with E-state index in [1.807, 2.05) is 49.4 Å². The lowest BCUT2D eigenvalue weighted by Crippen LogP contribution is -2.42. The summed E-state index contributed by atoms with van der Waals surface area (Å²) >= 11 is 15.3. The van der Waals surface area contributed by atoms with Gasteiger partial charge in [0.2, 0.25) is 0 Å². The topological polar surface area (TPSA) is 111 Å². The fraction of sp³-hybridized carbons (Fsp3) is 0.472. The zero-order chi connectivity index (χ0) is 35.9. The molecule has 264 valence electrons. The van der Waals surface area contributed by atoms with E-state index in [4.69, 9.17) is 48.0 Å². The van der Waals surface area contributed by atoms with Gasteiger partial charge in [-0.3, -0.25) is 4.68 Å². The van der Waals surface area contributed by atoms with Gasteiger partial charge >= 0.3 is 6.09 Å². The third-order valence-corrected chi connectivity index (χ3v) is 10.5. The molecule has 2 fully saturated rings. The highest BCUT2D eigenvalue weighted by atomic mass is 35.5. The molecule has 5 aromatic rings. The number of hydrogen-bond acceptors (Lipinski definition) is 8. The zero-order valence-electron chi connectivity index (χ0n) is 29.0. The summed E-state index contributed by atoms with van der Waals surface area (Å²) in [7, 11) is 0. The number of rotatable bonds is 4. The van der Waals surface area contributed by atoms with Crippen LogP contribution in [0.25, 0.3) is 43.8 Å². The molecule has 0 aliphatic carbocycles. The van der Waals surface area contributed by atoms with Crippen LogP contribution in [0.4, 0.5) is 9.18 Å². The van der Waals surface area contributed by atoms with E-state index in [0.29, 0.717) is 59.1 Å². The SMILES string of the molecule is CC#N.CSc1nc2c(F)c(-c3c(C)c(Cl)cc4c3cnn4C3CCCCO3)c(Cl)cc2c2c1cnn2C1CCN(C(=O)OC(C)(C)C)CC1. The number of ether oxygens (including phenoxy) is 2. The van der Waals surface area contributed by atoms with Crippen LogP contribution in [-0.2, 0) is 9.47 Å². The molecule has 5 heterocycles. The van der Waals surface area contributed by atoms with Crippen LogP contribution in [0.15, 0.2) is 29.6 Å². The molecule has 1 unspecified atom stereocenters. The largest absolute Gasteiger partial charge is 0.444 e. The first kappa shape index (κ1) is 36.2. The number of hydrogen-bond donors (Lipinski definition) is 0. The minimum Gasteiger partial charge on any atom is -0.444 e. The number of thioether (sulfide) groups is 1. The summed E-state index contributed by atoms with van der Waals surface area (Å²) in [6, 6.07) is 5.41. The molecule has 0 spiro atoms. The molecule has 0 radical (unpaired) electrons. The second-order valence-electron chi connectivity index (χ2n) is 13.5. The van der Waals surface area contributed by atoms with Crippen molar-refractivity contribution in [3.63, 3.8) is 0 Å². The van der Waals surface area contributed by atoms with Gasteiger partial charge in [-0.1, -0.05) is 23.2 Å². The Morgan fingerprint density at radius 2 is 1.72 bits per heavy atom. The van der Waals surface area contributed by atoms with E-state index in [2.05, 4.69) is 5.10 Å². The monoisotopic (exact) mass is 739 g/mol. The van der Waals surface area contributed by atoms with Crippen molar-refractivity contribution in [2.24, 2.45) is 0 Å². The predicted molar refractivity (Wildman–Crippen MR) is 196 cm³/mol. The summed E-state index contributed by atoms with van der Waals surface area (Å²) in [5.74, 6) is -0.523. The number of amides is 1. The lowest BCUT2D eigenvalue weighted by Gasteiger charge is -2.33. The number of pyridine rings is 1. The third kappa shape index (κ3) is 6.73. The summed E-state index contributed by atoms with van der Waals surface area (Å²) in [5, 5.41) is 20.3. The molecule has 10 nitrogen and oxygen atoms in total. The number of piperidine rings is 1. The van der Waals surface area contributed by atoms with Gasteiger partial charge in [-0.15, -0.1) is 11.8 Å². The molecule has 2 saturated heterocycles. The van der Waals surface area contributed by atoms with Crippen LogP contribution in [0.1, 0.15) is 77.6 Å². The second kappa shape index (κ2) is 14.5. The standard InChI is InChI=1S/C34H37Cl2FN6O3S.C2H3N/c1-18-23(35)15-25-21(16-39-43(25)26-8-6-7-13-45-26)27(18)28-24(36)14-20-30(29(28)37)40-32(47-5)22-17-38-42(31(20)22)19-9-11-41(12-10-19)33(44)46-34(2,3)4;1-2-3/h14-17,19,26H,6-13H2,1-5H3;1H3. The molecule has 0 saturated carbocycles. The normalized spacial score (nSPS) is 17.2. The van der Waals surface area contributed by atoms with Crippen molar-refractivity contribution in [2.45, 2.75) is 89.6 Å². The van der Waals surface area contributed by atoms with Crippen molar-refractivity contribution >= 4 is 73.8 Å². The van der Waals surface area contributed by atoms with Gasteiger partial charge in [0.1, 0.15) is 16.1 Å². The maximum atomic E-state index is 17.1. The summed E-state index contributed by atoms with van der Waals surface area (Å²) in [5.41, 5.74) is 2.73. The molecule has 2 aliphatic rings. The van der Waals surface area contributed by atoms with Gasteiger partial charge in [0.15, 0.2) is 12.0 Å². The van der Waals surface area contributed by atoms with E-state index in [9.17, 15) is 4.79 Å². The maximum absolute atomic E-state index is 17.1. The van der Waals surface area contributed by atoms with E-state index in [-0.39, 0.29) is 34.5 Å². The van der Waals surface area contributed by atoms with Crippen LogP contribution in [0.2, 0.25) is 10.0 Å². The third-order valence-electron chi connectivity index (χ3n) is 9.12. The average Bonchev–Trinajstić information content (AvgIpc) is 3.71. The molecule has 3 aromatic heterocycles. The van der Waals surface area contributed by atoms with Crippen molar-refractivity contribution in [1.29, 1.82) is 5.26 Å². The fourth-order valence-electron chi connectivity index (χ4n) is 6.85. The van der Waals surface area contributed by atoms with Crippen molar-refractivity contribution in [1.82, 2.24) is 29.4 Å². The average molecular weight is 741 g/mol. The zero-order valence-corrected chi connectivity index (χ0v) is 31.3. The Morgan fingerprint density at radius 3 is 2.36 bits per heavy atom. The maximum Gasteiger partial charge on any atom is 0.410 e. The number of nitrogens with zero attached hydrogens (tertiary/aromatic N) is 7. The van der Waals surface area contributed by atoms with Gasteiger partial charge in [0.05, 0.1) is 45.9 Å². The first-order chi connectivity index (χ1) is 23.9. The van der Waals surface area contributed by atoms with Crippen molar-refractivity contribution in [3.8, 4) is 17.2 Å². The van der Waals surface area contributed by atoms with Gasteiger partial charge in [0.25, 0.3) is 0 Å². The van der Waals surface area contributed by atoms with Crippen molar-refractivity contribution < 1.29 is 18.7 Å². The van der Waals surface area contributed by atoms with Crippen LogP contribution in [-0.4, -0.2) is 67.1 Å². The molecular formula is C36H40Cl2FN7O3S. The fourth-order valence-corrected chi connectivity index (χ4v) is 7.89. The van der Waals surface area contributed by atoms with Crippen LogP contribution in [0, 0.1) is 24.1 Å². The molecule has 7 rings (SSSR count). The summed E-state index contributed by atoms with van der Waals surface area (Å²) in [6.07, 6.45) is 9.19. The summed E-state index contributed by atoms with van der Waals surface area (Å²) < 4.78 is 32.5. The molecule has 1 amide bonds. The molecule has 0 N–H and O–H groups in total. The molecule has 0 bridgehead atoms. The van der Waals surface area contributed by atoms with Gasteiger partial charge < -0.3 is 14.4 Å². The Morgan fingerprint density at radius 1 is 1.04 bits per heavy atom. The van der Waals surface area contributed by atoms with E-state index >= 15 is 4.39 Å². The Hall–Kier alpha value is -3.63. The predicted octanol–water partition coefficient (Wildman–Crippen LogP) is 9.88. The highest BCUT2D eigenvalue weighted by Gasteiger charge is 2.31. The number of carbonyl (C=O) groups excluding carboxylic acids is 1. The highest BCUT2D eigenvalue weighted by Crippen LogP contribution is 2.45. The van der Waals surface area contributed by atoms with Crippen LogP contribution >= 0.6 is 35.0 Å². The Kier molecular flexibility index (Phi) is 10.5. The smallest absolute Gasteiger partial charge is 0.410 e. The number of benzene rings is 2. The quantitative estimate of drug-likeness (QED) is 0.168. The second-order valence-corrected chi connectivity index (χ2v) is 15.1. The van der Waals surface area contributed by atoms with Crippen molar-refractivity contribution in [2.75, 3.05) is 26.0 Å². The first-order valence-corrected chi connectivity index (χ1v) is 18.7. The molecule has 1 atom stereocenters. The summed E-state index contributed by atoms with van der Waals surface area (Å²) in [4.78, 5) is 19.3. The minimum absolute atomic E-state index is 0.00403. The number of fused-ring (bicyclic) bond motifs is 4. The number of aromatic nitrogens is 5. The van der Waals surface area contributed by atoms with E-state index in [1.54, 1.807) is 29.4 Å². The molecule has 2 aliphatic heterocycles. The van der Waals surface area contributed by atoms with Gasteiger partial charge in [0, 0.05) is 53.5 Å². The van der Waals surface area contributed by atoms with Crippen LogP contribution in [0.5, 0.6) is 0 Å². The van der Waals surface area contributed by atoms with E-state index in [0.717, 1.165) is 41.1 Å². The van der Waals surface area contributed by atoms with Gasteiger partial charge in [-0.25, -0.2) is 18.9 Å². The lowest BCUT2D eigenvalue weighted by atomic mass is 9.94. The number of likely N-dealkylation sites (tertiary alicyclic amines) is 1. The van der Waals surface area contributed by atoms with Gasteiger partial charge in [-0.05, 0) is 83.8 Å². The van der Waals surface area contributed by atoms with Crippen molar-refractivity contribution in [3.05, 3.63) is 46.0 Å². The highest BCUT2D eigenvalue weighted by molar-refractivity contribution is 7.98. The van der Waals surface area contributed by atoms with E-state index < -0.39 is 11.4 Å². The lowest BCUT2D eigenvalue weighted by molar-refractivity contribution is -0.0366. The van der Waals surface area contributed by atoms with E-state index in [1.165, 1.54) is 18.7 Å². The Balaban J connectivity index is 0.00000139. The Bertz CT molecular complexity index is 2120. The molecule has 2 aromatic carbocycles. The minimum atomic E-state index is -0.561.